The molecule has 0 saturated carbocycles. The van der Waals surface area contributed by atoms with Crippen LogP contribution >= 0.6 is 11.3 Å². The minimum Gasteiger partial charge on any atom is -0.477 e. The number of methoxy groups -OCH3 is 1. The first-order chi connectivity index (χ1) is 16.0. The molecule has 0 amide bonds. The Labute approximate surface area is 192 Å². The third-order valence-corrected chi connectivity index (χ3v) is 4.90. The van der Waals surface area contributed by atoms with Crippen molar-refractivity contribution in [2.75, 3.05) is 13.8 Å². The van der Waals surface area contributed by atoms with E-state index in [-0.39, 0.29) is 31.1 Å². The maximum atomic E-state index is 11.5. The van der Waals surface area contributed by atoms with Gasteiger partial charge in [0.25, 0.3) is 5.69 Å². The topological polar surface area (TPSA) is 164 Å². The zero-order valence-electron chi connectivity index (χ0n) is 17.6. The van der Waals surface area contributed by atoms with Gasteiger partial charge in [0.1, 0.15) is 17.5 Å². The van der Waals surface area contributed by atoms with E-state index in [4.69, 9.17) is 5.53 Å². The van der Waals surface area contributed by atoms with Crippen molar-refractivity contribution in [2.24, 2.45) is 10.1 Å². The van der Waals surface area contributed by atoms with Crippen LogP contribution in [0.15, 0.2) is 70.1 Å². The highest BCUT2D eigenvalue weighted by molar-refractivity contribution is 7.09. The monoisotopic (exact) mass is 468 g/mol. The van der Waals surface area contributed by atoms with Gasteiger partial charge in [0.15, 0.2) is 0 Å². The number of aromatic nitrogens is 1. The molecular weight excluding hydrogens is 448 g/mol. The number of aliphatic imine (C=N–C) groups is 1. The van der Waals surface area contributed by atoms with Gasteiger partial charge in [-0.2, -0.15) is 0 Å². The molecule has 12 heteroatoms. The summed E-state index contributed by atoms with van der Waals surface area (Å²) < 4.78 is 4.36. The van der Waals surface area contributed by atoms with Crippen LogP contribution in [0.2, 0.25) is 0 Å². The quantitative estimate of drug-likeness (QED) is 0.117. The van der Waals surface area contributed by atoms with Crippen molar-refractivity contribution >= 4 is 28.7 Å². The van der Waals surface area contributed by atoms with Crippen LogP contribution in [0.3, 0.4) is 0 Å². The summed E-state index contributed by atoms with van der Waals surface area (Å²) in [5.74, 6) is -1.20. The van der Waals surface area contributed by atoms with Crippen LogP contribution in [0.1, 0.15) is 10.6 Å². The van der Waals surface area contributed by atoms with Gasteiger partial charge in [-0.3, -0.25) is 15.1 Å². The molecule has 3 rings (SSSR count). The lowest BCUT2D eigenvalue weighted by Crippen LogP contribution is -2.17. The second kappa shape index (κ2) is 13.3. The maximum Gasteiger partial charge on any atom is 0.350 e. The summed E-state index contributed by atoms with van der Waals surface area (Å²) in [6, 6.07) is 15.7. The number of nitro benzene ring substituents is 1. The van der Waals surface area contributed by atoms with Crippen LogP contribution in [0.5, 0.6) is 0 Å². The molecule has 170 valence electrons. The van der Waals surface area contributed by atoms with E-state index in [0.29, 0.717) is 10.6 Å². The number of para-hydroxylation sites is 1. The van der Waals surface area contributed by atoms with Gasteiger partial charge >= 0.3 is 5.97 Å². The molecule has 1 N–H and O–H groups in total. The van der Waals surface area contributed by atoms with Gasteiger partial charge in [-0.1, -0.05) is 53.6 Å². The Morgan fingerprint density at radius 2 is 1.94 bits per heavy atom. The molecule has 11 nitrogen and oxygen atoms in total. The summed E-state index contributed by atoms with van der Waals surface area (Å²) in [4.78, 5) is 33.1. The second-order valence-corrected chi connectivity index (χ2v) is 7.21. The summed E-state index contributed by atoms with van der Waals surface area (Å²) in [7, 11) is 1.47. The molecule has 0 aliphatic heterocycles. The Morgan fingerprint density at radius 1 is 1.24 bits per heavy atom. The first-order valence-electron chi connectivity index (χ1n) is 9.44. The fraction of sp³-hybridized carbons (Fsp3) is 0.190. The Balaban J connectivity index is 0.000000569. The number of carboxylic acid groups (broad SMARTS) is 1. The molecule has 33 heavy (non-hydrogen) atoms. The highest BCUT2D eigenvalue weighted by Crippen LogP contribution is 2.22. The van der Waals surface area contributed by atoms with Crippen molar-refractivity contribution in [2.45, 2.75) is 13.0 Å². The van der Waals surface area contributed by atoms with Crippen LogP contribution in [0.4, 0.5) is 5.69 Å². The first kappa shape index (κ1) is 25.1. The molecular formula is C21H20N6O5S. The molecule has 0 fully saturated rings. The molecule has 2 aromatic carbocycles. The number of rotatable bonds is 9. The Kier molecular flexibility index (Phi) is 10.2. The fourth-order valence-electron chi connectivity index (χ4n) is 2.59. The van der Waals surface area contributed by atoms with Gasteiger partial charge in [0.05, 0.1) is 17.2 Å². The highest BCUT2D eigenvalue weighted by Gasteiger charge is 2.18. The zero-order valence-corrected chi connectivity index (χ0v) is 18.4. The summed E-state index contributed by atoms with van der Waals surface area (Å²) in [5, 5.41) is 26.1. The summed E-state index contributed by atoms with van der Waals surface area (Å²) in [6.45, 7) is 0.232. The molecule has 1 aromatic heterocycles. The van der Waals surface area contributed by atoms with Crippen LogP contribution in [0.25, 0.3) is 21.7 Å². The predicted molar refractivity (Wildman–Crippen MR) is 124 cm³/mol. The molecule has 3 aromatic rings. The number of hydrogen-bond donors (Lipinski definition) is 1. The first-order valence-corrected chi connectivity index (χ1v) is 10.3. The van der Waals surface area contributed by atoms with Crippen LogP contribution in [-0.4, -0.2) is 40.5 Å². The number of carboxylic acids is 1. The van der Waals surface area contributed by atoms with E-state index in [0.717, 1.165) is 11.3 Å². The minimum absolute atomic E-state index is 0.111. The van der Waals surface area contributed by atoms with Crippen LogP contribution in [-0.2, 0) is 22.5 Å². The molecule has 0 saturated heterocycles. The van der Waals surface area contributed by atoms with E-state index in [9.17, 15) is 20.0 Å². The molecule has 0 aliphatic rings. The van der Waals surface area contributed by atoms with Crippen LogP contribution in [0, 0.1) is 10.1 Å². The van der Waals surface area contributed by atoms with E-state index in [1.54, 1.807) is 12.1 Å². The van der Waals surface area contributed by atoms with Gasteiger partial charge < -0.3 is 9.84 Å². The summed E-state index contributed by atoms with van der Waals surface area (Å²) in [6.07, 6.45) is -0.122. The lowest BCUT2D eigenvalue weighted by Gasteiger charge is -2.03. The number of hydrogen-bond acceptors (Lipinski definition) is 8. The fourth-order valence-corrected chi connectivity index (χ4v) is 3.32. The van der Waals surface area contributed by atoms with Gasteiger partial charge in [-0.15, -0.1) is 11.3 Å². The number of ether oxygens (including phenoxy) is 1. The van der Waals surface area contributed by atoms with Gasteiger partial charge in [-0.05, 0) is 5.53 Å². The van der Waals surface area contributed by atoms with Crippen molar-refractivity contribution in [3.63, 3.8) is 0 Å². The lowest BCUT2D eigenvalue weighted by molar-refractivity contribution is -0.385. The third-order valence-electron chi connectivity index (χ3n) is 4.07. The highest BCUT2D eigenvalue weighted by atomic mass is 32.1. The molecule has 0 unspecified atom stereocenters. The average molecular weight is 468 g/mol. The normalized spacial score (nSPS) is 10.5. The van der Waals surface area contributed by atoms with Crippen molar-refractivity contribution < 1.29 is 19.6 Å². The van der Waals surface area contributed by atoms with Crippen molar-refractivity contribution in [3.8, 4) is 11.3 Å². The number of azide groups is 1. The van der Waals surface area contributed by atoms with E-state index < -0.39 is 10.9 Å². The summed E-state index contributed by atoms with van der Waals surface area (Å²) >= 11 is 1.39. The predicted octanol–water partition coefficient (Wildman–Crippen LogP) is 4.89. The number of aliphatic carboxylic acids is 1. The van der Waals surface area contributed by atoms with Crippen molar-refractivity contribution in [1.82, 2.24) is 4.98 Å². The Bertz CT molecular complexity index is 1160. The largest absolute Gasteiger partial charge is 0.477 e. The molecule has 0 spiro atoms. The Hall–Kier alpha value is -4.12. The Morgan fingerprint density at radius 3 is 2.55 bits per heavy atom. The summed E-state index contributed by atoms with van der Waals surface area (Å²) in [5.41, 5.74) is 9.41. The molecule has 0 bridgehead atoms. The molecule has 0 atom stereocenters. The van der Waals surface area contributed by atoms with Gasteiger partial charge in [0.2, 0.25) is 0 Å². The second-order valence-electron chi connectivity index (χ2n) is 6.27. The third kappa shape index (κ3) is 8.15. The SMILES string of the molecule is COCN=[N+]=[N-].O=C(O)C(Cc1ccccc1[N+](=O)[O-])=NCc1nc(-c2ccccc2)cs1. The minimum atomic E-state index is -1.20. The molecule has 0 aliphatic carbocycles. The van der Waals surface area contributed by atoms with Crippen LogP contribution < -0.4 is 0 Å². The van der Waals surface area contributed by atoms with Gasteiger partial charge in [-0.25, -0.2) is 9.78 Å². The number of carbonyl (C=O) groups is 1. The number of benzene rings is 2. The standard InChI is InChI=1S/C19H15N3O4S.C2H5N3O/c23-19(24)15(10-14-8-4-5-9-17(14)22(25)26)20-11-18-21-16(12-27-18)13-6-2-1-3-7-13;1-6-2-4-5-3/h1-9,12H,10-11H2,(H,23,24);2H2,1H3. The number of nitrogens with zero attached hydrogens (tertiary/aromatic N) is 6. The molecule has 1 heterocycles. The molecule has 0 radical (unpaired) electrons. The zero-order chi connectivity index (χ0) is 24.1. The number of thiazole rings is 1. The van der Waals surface area contributed by atoms with E-state index >= 15 is 0 Å². The lowest BCUT2D eigenvalue weighted by atomic mass is 10.1. The van der Waals surface area contributed by atoms with E-state index in [1.807, 2.05) is 35.7 Å². The number of nitro groups is 1. The average Bonchev–Trinajstić information content (AvgIpc) is 3.30. The van der Waals surface area contributed by atoms with Gasteiger partial charge in [0, 0.05) is 41.0 Å². The van der Waals surface area contributed by atoms with Crippen molar-refractivity contribution in [3.05, 3.63) is 91.1 Å². The maximum absolute atomic E-state index is 11.5. The van der Waals surface area contributed by atoms with Crippen molar-refractivity contribution in [1.29, 1.82) is 0 Å². The smallest absolute Gasteiger partial charge is 0.350 e. The van der Waals surface area contributed by atoms with E-state index in [1.165, 1.54) is 30.6 Å². The van der Waals surface area contributed by atoms with E-state index in [2.05, 4.69) is 24.7 Å².